The van der Waals surface area contributed by atoms with E-state index < -0.39 is 5.97 Å². The summed E-state index contributed by atoms with van der Waals surface area (Å²) in [7, 11) is 0. The number of rotatable bonds is 3. The van der Waals surface area contributed by atoms with Crippen LogP contribution in [0.5, 0.6) is 0 Å². The van der Waals surface area contributed by atoms with Gasteiger partial charge in [-0.15, -0.1) is 0 Å². The molecule has 0 aliphatic rings. The lowest BCUT2D eigenvalue weighted by atomic mass is 10.2. The number of hydrogen-bond acceptors (Lipinski definition) is 4. The van der Waals surface area contributed by atoms with Gasteiger partial charge in [-0.25, -0.2) is 4.79 Å². The molecule has 0 bridgehead atoms. The molecule has 0 amide bonds. The lowest BCUT2D eigenvalue weighted by Gasteiger charge is -2.10. The summed E-state index contributed by atoms with van der Waals surface area (Å²) in [4.78, 5) is 11.5. The van der Waals surface area contributed by atoms with Gasteiger partial charge in [0.25, 0.3) is 0 Å². The highest BCUT2D eigenvalue weighted by Gasteiger charge is 2.12. The number of nitrogens with one attached hydrogen (secondary N) is 1. The highest BCUT2D eigenvalue weighted by molar-refractivity contribution is 5.95. The minimum Gasteiger partial charge on any atom is -0.459 e. The van der Waals surface area contributed by atoms with Crippen molar-refractivity contribution in [2.75, 3.05) is 5.48 Å². The zero-order chi connectivity index (χ0) is 10.6. The van der Waals surface area contributed by atoms with E-state index in [1.807, 2.05) is 5.48 Å². The minimum absolute atomic E-state index is 0.172. The lowest BCUT2D eigenvalue weighted by Crippen LogP contribution is -2.13. The first kappa shape index (κ1) is 10.5. The fourth-order valence-electron chi connectivity index (χ4n) is 1.04. The number of esters is 1. The summed E-state index contributed by atoms with van der Waals surface area (Å²) in [5, 5.41) is 8.74. The van der Waals surface area contributed by atoms with E-state index in [0.29, 0.717) is 11.3 Å². The second kappa shape index (κ2) is 4.62. The summed E-state index contributed by atoms with van der Waals surface area (Å²) >= 11 is 0. The van der Waals surface area contributed by atoms with E-state index in [-0.39, 0.29) is 6.10 Å². The maximum atomic E-state index is 11.5. The molecule has 76 valence electrons. The largest absolute Gasteiger partial charge is 0.459 e. The molecule has 0 aliphatic carbocycles. The molecule has 0 atom stereocenters. The van der Waals surface area contributed by atoms with Gasteiger partial charge in [0.15, 0.2) is 0 Å². The van der Waals surface area contributed by atoms with Gasteiger partial charge in [-0.05, 0) is 26.0 Å². The van der Waals surface area contributed by atoms with E-state index in [4.69, 9.17) is 9.94 Å². The van der Waals surface area contributed by atoms with E-state index in [9.17, 15) is 4.79 Å². The van der Waals surface area contributed by atoms with Gasteiger partial charge in [0.05, 0.1) is 17.4 Å². The van der Waals surface area contributed by atoms with Crippen molar-refractivity contribution in [1.29, 1.82) is 0 Å². The van der Waals surface area contributed by atoms with Gasteiger partial charge in [-0.3, -0.25) is 10.7 Å². The summed E-state index contributed by atoms with van der Waals surface area (Å²) in [6.45, 7) is 3.54. The predicted octanol–water partition coefficient (Wildman–Crippen LogP) is 2.05. The normalized spacial score (nSPS) is 10.0. The average molecular weight is 195 g/mol. The first-order valence-corrected chi connectivity index (χ1v) is 4.35. The zero-order valence-corrected chi connectivity index (χ0v) is 8.15. The third-order valence-electron chi connectivity index (χ3n) is 1.61. The van der Waals surface area contributed by atoms with Crippen LogP contribution < -0.4 is 5.48 Å². The third kappa shape index (κ3) is 2.47. The van der Waals surface area contributed by atoms with Crippen LogP contribution in [0.1, 0.15) is 24.2 Å². The molecule has 0 fully saturated rings. The maximum absolute atomic E-state index is 11.5. The highest BCUT2D eigenvalue weighted by atomic mass is 16.5. The van der Waals surface area contributed by atoms with E-state index in [1.165, 1.54) is 0 Å². The Morgan fingerprint density at radius 3 is 2.64 bits per heavy atom. The topological polar surface area (TPSA) is 58.6 Å². The van der Waals surface area contributed by atoms with Gasteiger partial charge < -0.3 is 4.74 Å². The Kier molecular flexibility index (Phi) is 3.48. The standard InChI is InChI=1S/C10H13NO3/c1-7(2)14-10(12)8-5-3-4-6-9(8)11-13/h3-7,11,13H,1-2H3. The fraction of sp³-hybridized carbons (Fsp3) is 0.300. The monoisotopic (exact) mass is 195 g/mol. The minimum atomic E-state index is -0.447. The quantitative estimate of drug-likeness (QED) is 0.572. The molecular formula is C10H13NO3. The Morgan fingerprint density at radius 2 is 2.07 bits per heavy atom. The number of para-hydroxylation sites is 1. The second-order valence-electron chi connectivity index (χ2n) is 3.11. The van der Waals surface area contributed by atoms with Gasteiger partial charge in [0.2, 0.25) is 0 Å². The summed E-state index contributed by atoms with van der Waals surface area (Å²) in [5.41, 5.74) is 2.62. The molecule has 0 aliphatic heterocycles. The Bertz CT molecular complexity index is 323. The zero-order valence-electron chi connectivity index (χ0n) is 8.15. The van der Waals surface area contributed by atoms with Crippen molar-refractivity contribution in [3.63, 3.8) is 0 Å². The third-order valence-corrected chi connectivity index (χ3v) is 1.61. The number of benzene rings is 1. The molecule has 0 saturated carbocycles. The lowest BCUT2D eigenvalue weighted by molar-refractivity contribution is 0.0378. The summed E-state index contributed by atoms with van der Waals surface area (Å²) in [5.74, 6) is -0.447. The number of carbonyl (C=O) groups is 1. The Morgan fingerprint density at radius 1 is 1.43 bits per heavy atom. The Labute approximate surface area is 82.5 Å². The van der Waals surface area contributed by atoms with Crippen LogP contribution in [0.4, 0.5) is 5.69 Å². The van der Waals surface area contributed by atoms with Crippen molar-refractivity contribution in [3.05, 3.63) is 29.8 Å². The Hall–Kier alpha value is -1.55. The van der Waals surface area contributed by atoms with Crippen molar-refractivity contribution >= 4 is 11.7 Å². The van der Waals surface area contributed by atoms with Crippen LogP contribution in [0.3, 0.4) is 0 Å². The SMILES string of the molecule is CC(C)OC(=O)c1ccccc1NO. The van der Waals surface area contributed by atoms with Crippen LogP contribution in [0.15, 0.2) is 24.3 Å². The van der Waals surface area contributed by atoms with Crippen molar-refractivity contribution in [2.24, 2.45) is 0 Å². The molecule has 0 heterocycles. The molecule has 1 aromatic rings. The van der Waals surface area contributed by atoms with Crippen molar-refractivity contribution < 1.29 is 14.7 Å². The smallest absolute Gasteiger partial charge is 0.340 e. The molecule has 14 heavy (non-hydrogen) atoms. The van der Waals surface area contributed by atoms with Crippen LogP contribution in [0.25, 0.3) is 0 Å². The van der Waals surface area contributed by atoms with Crippen LogP contribution in [0.2, 0.25) is 0 Å². The molecule has 0 spiro atoms. The summed E-state index contributed by atoms with van der Waals surface area (Å²) < 4.78 is 4.99. The maximum Gasteiger partial charge on any atom is 0.340 e. The molecule has 0 aromatic heterocycles. The number of hydrogen-bond donors (Lipinski definition) is 2. The van der Waals surface area contributed by atoms with Crippen molar-refractivity contribution in [2.45, 2.75) is 20.0 Å². The van der Waals surface area contributed by atoms with Gasteiger partial charge in [-0.2, -0.15) is 0 Å². The van der Waals surface area contributed by atoms with Gasteiger partial charge in [-0.1, -0.05) is 12.1 Å². The van der Waals surface area contributed by atoms with E-state index in [1.54, 1.807) is 38.1 Å². The first-order chi connectivity index (χ1) is 6.65. The molecule has 4 nitrogen and oxygen atoms in total. The van der Waals surface area contributed by atoms with Gasteiger partial charge >= 0.3 is 5.97 Å². The van der Waals surface area contributed by atoms with Gasteiger partial charge in [0, 0.05) is 0 Å². The van der Waals surface area contributed by atoms with Crippen molar-refractivity contribution in [3.8, 4) is 0 Å². The molecule has 2 N–H and O–H groups in total. The molecule has 4 heteroatoms. The van der Waals surface area contributed by atoms with E-state index in [2.05, 4.69) is 0 Å². The summed E-state index contributed by atoms with van der Waals surface area (Å²) in [6.07, 6.45) is -0.172. The molecule has 0 radical (unpaired) electrons. The molecule has 0 saturated heterocycles. The van der Waals surface area contributed by atoms with Crippen LogP contribution in [-0.4, -0.2) is 17.3 Å². The molecule has 1 aromatic carbocycles. The van der Waals surface area contributed by atoms with Crippen LogP contribution >= 0.6 is 0 Å². The highest BCUT2D eigenvalue weighted by Crippen LogP contribution is 2.15. The molecule has 0 unspecified atom stereocenters. The fourth-order valence-corrected chi connectivity index (χ4v) is 1.04. The number of ether oxygens (including phenoxy) is 1. The number of anilines is 1. The number of carbonyl (C=O) groups excluding carboxylic acids is 1. The predicted molar refractivity (Wildman–Crippen MR) is 52.4 cm³/mol. The first-order valence-electron chi connectivity index (χ1n) is 4.35. The van der Waals surface area contributed by atoms with E-state index >= 15 is 0 Å². The van der Waals surface area contributed by atoms with E-state index in [0.717, 1.165) is 0 Å². The Balaban J connectivity index is 2.88. The second-order valence-corrected chi connectivity index (χ2v) is 3.11. The van der Waals surface area contributed by atoms with Gasteiger partial charge in [0.1, 0.15) is 0 Å². The summed E-state index contributed by atoms with van der Waals surface area (Å²) in [6, 6.07) is 6.60. The molecule has 1 rings (SSSR count). The van der Waals surface area contributed by atoms with Crippen molar-refractivity contribution in [1.82, 2.24) is 0 Å². The van der Waals surface area contributed by atoms with Crippen LogP contribution in [-0.2, 0) is 4.74 Å². The average Bonchev–Trinajstić information content (AvgIpc) is 2.16. The molecular weight excluding hydrogens is 182 g/mol. The van der Waals surface area contributed by atoms with Crippen LogP contribution in [0, 0.1) is 0 Å².